The lowest BCUT2D eigenvalue weighted by molar-refractivity contribution is -0.139. The van der Waals surface area contributed by atoms with Gasteiger partial charge in [-0.1, -0.05) is 48.0 Å². The van der Waals surface area contributed by atoms with Crippen LogP contribution in [0.25, 0.3) is 0 Å². The number of hydrogen-bond donors (Lipinski definition) is 1. The molecule has 0 aliphatic heterocycles. The Labute approximate surface area is 220 Å². The standard InChI is InChI=1S/C29H35N3O4S/c1-20-11-13-27(14-12-20)37(35,36)32(26-16-21(2)15-22(3)17-26)19-28(33)31(24(5)29(34)30-6)18-25-10-8-7-9-23(25)4/h7-17,24H,18-19H2,1-6H3,(H,30,34)/t24-/m1/s1. The van der Waals surface area contributed by atoms with E-state index in [1.165, 1.54) is 11.9 Å². The molecule has 0 unspecified atom stereocenters. The first-order chi connectivity index (χ1) is 17.4. The number of anilines is 1. The maximum atomic E-state index is 13.9. The van der Waals surface area contributed by atoms with Crippen LogP contribution in [0.2, 0.25) is 0 Å². The van der Waals surface area contributed by atoms with Crippen molar-refractivity contribution in [1.82, 2.24) is 10.2 Å². The molecule has 0 saturated carbocycles. The molecule has 3 rings (SSSR count). The highest BCUT2D eigenvalue weighted by Gasteiger charge is 2.32. The summed E-state index contributed by atoms with van der Waals surface area (Å²) in [5.41, 5.74) is 4.93. The van der Waals surface area contributed by atoms with Crippen molar-refractivity contribution in [3.63, 3.8) is 0 Å². The summed E-state index contributed by atoms with van der Waals surface area (Å²) in [6.07, 6.45) is 0. The van der Waals surface area contributed by atoms with E-state index in [1.807, 2.05) is 58.0 Å². The quantitative estimate of drug-likeness (QED) is 0.455. The first kappa shape index (κ1) is 27.9. The van der Waals surface area contributed by atoms with Crippen LogP contribution in [0.1, 0.15) is 34.7 Å². The summed E-state index contributed by atoms with van der Waals surface area (Å²) in [5, 5.41) is 2.60. The van der Waals surface area contributed by atoms with Crippen LogP contribution in [0, 0.1) is 27.7 Å². The highest BCUT2D eigenvalue weighted by atomic mass is 32.2. The Morgan fingerprint density at radius 3 is 2.03 bits per heavy atom. The third kappa shape index (κ3) is 6.57. The molecule has 3 aromatic rings. The summed E-state index contributed by atoms with van der Waals surface area (Å²) in [5.74, 6) is -0.810. The molecule has 37 heavy (non-hydrogen) atoms. The Hall–Kier alpha value is -3.65. The minimum atomic E-state index is -4.08. The predicted octanol–water partition coefficient (Wildman–Crippen LogP) is 4.28. The van der Waals surface area contributed by atoms with Gasteiger partial charge in [-0.15, -0.1) is 0 Å². The maximum Gasteiger partial charge on any atom is 0.264 e. The number of hydrogen-bond acceptors (Lipinski definition) is 4. The highest BCUT2D eigenvalue weighted by molar-refractivity contribution is 7.92. The number of nitrogens with one attached hydrogen (secondary N) is 1. The van der Waals surface area contributed by atoms with Gasteiger partial charge in [0.2, 0.25) is 11.8 Å². The summed E-state index contributed by atoms with van der Waals surface area (Å²) >= 11 is 0. The monoisotopic (exact) mass is 521 g/mol. The second-order valence-corrected chi connectivity index (χ2v) is 11.3. The number of likely N-dealkylation sites (N-methyl/N-ethyl adjacent to an activating group) is 1. The smallest absolute Gasteiger partial charge is 0.264 e. The van der Waals surface area contributed by atoms with Gasteiger partial charge in [-0.05, 0) is 81.1 Å². The van der Waals surface area contributed by atoms with Crippen LogP contribution in [0.4, 0.5) is 5.69 Å². The zero-order valence-corrected chi connectivity index (χ0v) is 23.1. The van der Waals surface area contributed by atoms with Gasteiger partial charge in [-0.2, -0.15) is 0 Å². The van der Waals surface area contributed by atoms with Gasteiger partial charge in [-0.25, -0.2) is 8.42 Å². The Morgan fingerprint density at radius 2 is 1.46 bits per heavy atom. The summed E-state index contributed by atoms with van der Waals surface area (Å²) in [4.78, 5) is 28.0. The summed E-state index contributed by atoms with van der Waals surface area (Å²) < 4.78 is 28.9. The largest absolute Gasteiger partial charge is 0.357 e. The molecule has 0 fully saturated rings. The average molecular weight is 522 g/mol. The van der Waals surface area contributed by atoms with Crippen LogP contribution in [-0.2, 0) is 26.2 Å². The molecular formula is C29H35N3O4S. The molecular weight excluding hydrogens is 486 g/mol. The van der Waals surface area contributed by atoms with Gasteiger partial charge in [0.15, 0.2) is 0 Å². The van der Waals surface area contributed by atoms with E-state index in [-0.39, 0.29) is 17.3 Å². The van der Waals surface area contributed by atoms with Gasteiger partial charge in [-0.3, -0.25) is 13.9 Å². The Balaban J connectivity index is 2.08. The number of sulfonamides is 1. The Bertz CT molecular complexity index is 1360. The summed E-state index contributed by atoms with van der Waals surface area (Å²) in [7, 11) is -2.57. The van der Waals surface area contributed by atoms with E-state index in [9.17, 15) is 18.0 Å². The zero-order chi connectivity index (χ0) is 27.3. The van der Waals surface area contributed by atoms with Gasteiger partial charge in [0.1, 0.15) is 12.6 Å². The average Bonchev–Trinajstić information content (AvgIpc) is 2.85. The van der Waals surface area contributed by atoms with Crippen LogP contribution in [0.5, 0.6) is 0 Å². The number of rotatable bonds is 9. The molecule has 0 aliphatic carbocycles. The lowest BCUT2D eigenvalue weighted by atomic mass is 10.1. The fourth-order valence-corrected chi connectivity index (χ4v) is 5.62. The first-order valence-electron chi connectivity index (χ1n) is 12.2. The molecule has 0 spiro atoms. The van der Waals surface area contributed by atoms with E-state index in [0.29, 0.717) is 5.69 Å². The van der Waals surface area contributed by atoms with Crippen molar-refractivity contribution >= 4 is 27.5 Å². The van der Waals surface area contributed by atoms with Crippen molar-refractivity contribution in [2.75, 3.05) is 17.9 Å². The second kappa shape index (κ2) is 11.6. The minimum Gasteiger partial charge on any atom is -0.357 e. The summed E-state index contributed by atoms with van der Waals surface area (Å²) in [6, 6.07) is 18.8. The summed E-state index contributed by atoms with van der Waals surface area (Å²) in [6.45, 7) is 8.94. The SMILES string of the molecule is CNC(=O)[C@@H](C)N(Cc1ccccc1C)C(=O)CN(c1cc(C)cc(C)c1)S(=O)(=O)c1ccc(C)cc1. The van der Waals surface area contributed by atoms with E-state index in [4.69, 9.17) is 0 Å². The van der Waals surface area contributed by atoms with Crippen LogP contribution in [0.3, 0.4) is 0 Å². The Kier molecular flexibility index (Phi) is 8.76. The molecule has 2 amide bonds. The first-order valence-corrected chi connectivity index (χ1v) is 13.6. The van der Waals surface area contributed by atoms with Gasteiger partial charge in [0, 0.05) is 13.6 Å². The third-order valence-corrected chi connectivity index (χ3v) is 8.19. The van der Waals surface area contributed by atoms with Gasteiger partial charge >= 0.3 is 0 Å². The fraction of sp³-hybridized carbons (Fsp3) is 0.310. The Morgan fingerprint density at radius 1 is 0.865 bits per heavy atom. The van der Waals surface area contributed by atoms with Crippen LogP contribution in [-0.4, -0.2) is 44.8 Å². The number of benzene rings is 3. The topological polar surface area (TPSA) is 86.8 Å². The molecule has 0 aromatic heterocycles. The fourth-order valence-electron chi connectivity index (χ4n) is 4.22. The van der Waals surface area contributed by atoms with Crippen molar-refractivity contribution in [2.24, 2.45) is 0 Å². The zero-order valence-electron chi connectivity index (χ0n) is 22.3. The molecule has 0 aliphatic rings. The molecule has 0 radical (unpaired) electrons. The molecule has 3 aromatic carbocycles. The molecule has 0 bridgehead atoms. The number of carbonyl (C=O) groups excluding carboxylic acids is 2. The van der Waals surface area contributed by atoms with E-state index in [2.05, 4.69) is 5.32 Å². The van der Waals surface area contributed by atoms with Crippen LogP contribution >= 0.6 is 0 Å². The number of amides is 2. The van der Waals surface area contributed by atoms with Crippen molar-refractivity contribution in [3.05, 3.63) is 94.5 Å². The van der Waals surface area contributed by atoms with E-state index >= 15 is 0 Å². The molecule has 0 heterocycles. The molecule has 1 N–H and O–H groups in total. The molecule has 8 heteroatoms. The maximum absolute atomic E-state index is 13.9. The van der Waals surface area contributed by atoms with Crippen molar-refractivity contribution in [2.45, 2.75) is 52.1 Å². The molecule has 0 saturated heterocycles. The van der Waals surface area contributed by atoms with E-state index < -0.39 is 28.5 Å². The van der Waals surface area contributed by atoms with Crippen molar-refractivity contribution in [3.8, 4) is 0 Å². The van der Waals surface area contributed by atoms with Gasteiger partial charge in [0.25, 0.3) is 10.0 Å². The van der Waals surface area contributed by atoms with E-state index in [1.54, 1.807) is 43.3 Å². The molecule has 1 atom stereocenters. The molecule has 196 valence electrons. The van der Waals surface area contributed by atoms with E-state index in [0.717, 1.165) is 32.1 Å². The minimum absolute atomic E-state index is 0.0925. The normalized spacial score (nSPS) is 12.1. The van der Waals surface area contributed by atoms with Crippen LogP contribution in [0.15, 0.2) is 71.6 Å². The third-order valence-electron chi connectivity index (χ3n) is 6.40. The van der Waals surface area contributed by atoms with Crippen molar-refractivity contribution < 1.29 is 18.0 Å². The van der Waals surface area contributed by atoms with Crippen LogP contribution < -0.4 is 9.62 Å². The molecule has 7 nitrogen and oxygen atoms in total. The lowest BCUT2D eigenvalue weighted by Crippen LogP contribution is -2.50. The number of carbonyl (C=O) groups is 2. The number of nitrogens with zero attached hydrogens (tertiary/aromatic N) is 2. The lowest BCUT2D eigenvalue weighted by Gasteiger charge is -2.32. The van der Waals surface area contributed by atoms with Gasteiger partial charge < -0.3 is 10.2 Å². The van der Waals surface area contributed by atoms with Crippen molar-refractivity contribution in [1.29, 1.82) is 0 Å². The highest BCUT2D eigenvalue weighted by Crippen LogP contribution is 2.27. The number of aryl methyl sites for hydroxylation is 4. The predicted molar refractivity (Wildman–Crippen MR) is 147 cm³/mol. The second-order valence-electron chi connectivity index (χ2n) is 9.41. The van der Waals surface area contributed by atoms with Gasteiger partial charge in [0.05, 0.1) is 10.6 Å².